The van der Waals surface area contributed by atoms with E-state index < -0.39 is 0 Å². The number of halogens is 1. The molecular weight excluding hydrogens is 187 g/mol. The minimum Gasteiger partial charge on any atom is -0.246 e. The molecule has 1 atom stereocenters. The molecule has 1 aromatic rings. The van der Waals surface area contributed by atoms with Crippen LogP contribution in [-0.4, -0.2) is 0 Å². The minimum absolute atomic E-state index is 0.370. The summed E-state index contributed by atoms with van der Waals surface area (Å²) in [6, 6.07) is 7.79. The van der Waals surface area contributed by atoms with Gasteiger partial charge in [0, 0.05) is 0 Å². The van der Waals surface area contributed by atoms with Gasteiger partial charge in [-0.2, -0.15) is 0 Å². The summed E-state index contributed by atoms with van der Waals surface area (Å²) in [6.07, 6.45) is 3.13. The van der Waals surface area contributed by atoms with Crippen LogP contribution >= 0.6 is 0 Å². The van der Waals surface area contributed by atoms with E-state index in [1.807, 2.05) is 18.2 Å². The second-order valence-electron chi connectivity index (χ2n) is 4.09. The number of rotatable bonds is 4. The molecule has 0 aliphatic heterocycles. The molecule has 0 heterocycles. The normalized spacial score (nSPS) is 14.0. The van der Waals surface area contributed by atoms with Gasteiger partial charge in [0.2, 0.25) is 0 Å². The number of hydrogen-bond acceptors (Lipinski definition) is 0. The highest BCUT2D eigenvalue weighted by Gasteiger charge is 2.05. The molecular formula is C14H19F. The van der Waals surface area contributed by atoms with Crippen molar-refractivity contribution in [1.29, 1.82) is 0 Å². The smallest absolute Gasteiger partial charge is 0.115 e. The van der Waals surface area contributed by atoms with E-state index in [-0.39, 0.29) is 6.67 Å². The third-order valence-corrected chi connectivity index (χ3v) is 2.92. The molecule has 1 heteroatoms. The summed E-state index contributed by atoms with van der Waals surface area (Å²) in [7, 11) is 0. The fourth-order valence-electron chi connectivity index (χ4n) is 1.64. The molecule has 0 nitrogen and oxygen atoms in total. The van der Waals surface area contributed by atoms with Crippen molar-refractivity contribution < 1.29 is 4.39 Å². The van der Waals surface area contributed by atoms with Gasteiger partial charge in [0.1, 0.15) is 6.67 Å². The van der Waals surface area contributed by atoms with Crippen LogP contribution in [0.4, 0.5) is 4.39 Å². The standard InChI is InChI=1S/C14H19F/c1-4-11(2)12(3)8-13-6-5-7-14(9-13)10-15/h4-7,9,12H,8,10H2,1-3H3/b11-4+. The van der Waals surface area contributed by atoms with Crippen molar-refractivity contribution in [2.75, 3.05) is 0 Å². The number of hydrogen-bond donors (Lipinski definition) is 0. The molecule has 82 valence electrons. The van der Waals surface area contributed by atoms with Gasteiger partial charge in [-0.05, 0) is 37.3 Å². The van der Waals surface area contributed by atoms with Gasteiger partial charge in [0.25, 0.3) is 0 Å². The number of benzene rings is 1. The van der Waals surface area contributed by atoms with E-state index in [9.17, 15) is 4.39 Å². The molecule has 0 fully saturated rings. The van der Waals surface area contributed by atoms with E-state index >= 15 is 0 Å². The van der Waals surface area contributed by atoms with Gasteiger partial charge in [-0.15, -0.1) is 0 Å². The molecule has 0 spiro atoms. The van der Waals surface area contributed by atoms with E-state index in [0.29, 0.717) is 5.92 Å². The zero-order valence-corrected chi connectivity index (χ0v) is 9.76. The average molecular weight is 206 g/mol. The first kappa shape index (κ1) is 12.0. The van der Waals surface area contributed by atoms with Crippen LogP contribution in [0.15, 0.2) is 35.9 Å². The zero-order chi connectivity index (χ0) is 11.3. The molecule has 0 N–H and O–H groups in total. The third-order valence-electron chi connectivity index (χ3n) is 2.92. The van der Waals surface area contributed by atoms with E-state index in [0.717, 1.165) is 12.0 Å². The van der Waals surface area contributed by atoms with E-state index in [2.05, 4.69) is 32.9 Å². The number of alkyl halides is 1. The van der Waals surface area contributed by atoms with Crippen molar-refractivity contribution >= 4 is 0 Å². The summed E-state index contributed by atoms with van der Waals surface area (Å²) < 4.78 is 12.5. The predicted molar refractivity (Wildman–Crippen MR) is 63.6 cm³/mol. The van der Waals surface area contributed by atoms with Gasteiger partial charge in [-0.3, -0.25) is 0 Å². The maximum absolute atomic E-state index is 12.5. The van der Waals surface area contributed by atoms with Crippen molar-refractivity contribution in [3.8, 4) is 0 Å². The summed E-state index contributed by atoms with van der Waals surface area (Å²) in [5.74, 6) is 0.532. The highest BCUT2D eigenvalue weighted by Crippen LogP contribution is 2.17. The second-order valence-corrected chi connectivity index (χ2v) is 4.09. The summed E-state index contributed by atoms with van der Waals surface area (Å²) in [5, 5.41) is 0. The molecule has 0 saturated carbocycles. The molecule has 0 saturated heterocycles. The van der Waals surface area contributed by atoms with Crippen LogP contribution in [0, 0.1) is 5.92 Å². The lowest BCUT2D eigenvalue weighted by atomic mass is 9.94. The summed E-state index contributed by atoms with van der Waals surface area (Å²) in [6.45, 7) is 6.04. The van der Waals surface area contributed by atoms with Gasteiger partial charge in [-0.1, -0.05) is 42.8 Å². The number of allylic oxidation sites excluding steroid dienone is 2. The minimum atomic E-state index is -0.370. The molecule has 0 amide bonds. The van der Waals surface area contributed by atoms with Crippen LogP contribution in [-0.2, 0) is 13.1 Å². The Balaban J connectivity index is 2.72. The molecule has 1 rings (SSSR count). The van der Waals surface area contributed by atoms with Crippen LogP contribution in [0.3, 0.4) is 0 Å². The van der Waals surface area contributed by atoms with Crippen molar-refractivity contribution in [3.05, 3.63) is 47.0 Å². The average Bonchev–Trinajstić information content (AvgIpc) is 2.28. The van der Waals surface area contributed by atoms with E-state index in [1.54, 1.807) is 0 Å². The molecule has 0 radical (unpaired) electrons. The monoisotopic (exact) mass is 206 g/mol. The molecule has 0 aromatic heterocycles. The van der Waals surface area contributed by atoms with Crippen LogP contribution in [0.5, 0.6) is 0 Å². The van der Waals surface area contributed by atoms with Crippen molar-refractivity contribution in [3.63, 3.8) is 0 Å². The molecule has 0 bridgehead atoms. The van der Waals surface area contributed by atoms with Crippen molar-refractivity contribution in [2.24, 2.45) is 5.92 Å². The van der Waals surface area contributed by atoms with Crippen LogP contribution in [0.25, 0.3) is 0 Å². The topological polar surface area (TPSA) is 0 Å². The van der Waals surface area contributed by atoms with E-state index in [4.69, 9.17) is 0 Å². The first-order chi connectivity index (χ1) is 7.17. The molecule has 15 heavy (non-hydrogen) atoms. The first-order valence-corrected chi connectivity index (χ1v) is 5.44. The maximum Gasteiger partial charge on any atom is 0.115 e. The Bertz CT molecular complexity index is 339. The van der Waals surface area contributed by atoms with E-state index in [1.165, 1.54) is 11.1 Å². The van der Waals surface area contributed by atoms with Gasteiger partial charge < -0.3 is 0 Å². The summed E-state index contributed by atoms with van der Waals surface area (Å²) in [5.41, 5.74) is 3.39. The summed E-state index contributed by atoms with van der Waals surface area (Å²) in [4.78, 5) is 0. The van der Waals surface area contributed by atoms with Gasteiger partial charge in [0.15, 0.2) is 0 Å². The van der Waals surface area contributed by atoms with Crippen molar-refractivity contribution in [2.45, 2.75) is 33.9 Å². The largest absolute Gasteiger partial charge is 0.246 e. The summed E-state index contributed by atoms with van der Waals surface area (Å²) >= 11 is 0. The lowest BCUT2D eigenvalue weighted by molar-refractivity contribution is 0.484. The zero-order valence-electron chi connectivity index (χ0n) is 9.76. The highest BCUT2D eigenvalue weighted by molar-refractivity contribution is 5.24. The van der Waals surface area contributed by atoms with Crippen LogP contribution in [0.1, 0.15) is 31.9 Å². The Morgan fingerprint density at radius 1 is 1.40 bits per heavy atom. The second kappa shape index (κ2) is 5.69. The van der Waals surface area contributed by atoms with Crippen molar-refractivity contribution in [1.82, 2.24) is 0 Å². The lowest BCUT2D eigenvalue weighted by Gasteiger charge is -2.12. The molecule has 1 unspecified atom stereocenters. The Morgan fingerprint density at radius 2 is 2.07 bits per heavy atom. The predicted octanol–water partition coefficient (Wildman–Crippen LogP) is 4.30. The fourth-order valence-corrected chi connectivity index (χ4v) is 1.64. The fraction of sp³-hybridized carbons (Fsp3) is 0.429. The SMILES string of the molecule is C/C=C(\C)C(C)Cc1cccc(CF)c1. The molecule has 0 aliphatic rings. The molecule has 0 aliphatic carbocycles. The Kier molecular flexibility index (Phi) is 4.54. The van der Waals surface area contributed by atoms with Gasteiger partial charge in [0.05, 0.1) is 0 Å². The lowest BCUT2D eigenvalue weighted by Crippen LogP contribution is -2.01. The van der Waals surface area contributed by atoms with Crippen LogP contribution in [0.2, 0.25) is 0 Å². The Labute approximate surface area is 91.8 Å². The first-order valence-electron chi connectivity index (χ1n) is 5.44. The molecule has 1 aromatic carbocycles. The van der Waals surface area contributed by atoms with Gasteiger partial charge >= 0.3 is 0 Å². The quantitative estimate of drug-likeness (QED) is 0.644. The Hall–Kier alpha value is -1.11. The third kappa shape index (κ3) is 3.50. The maximum atomic E-state index is 12.5. The Morgan fingerprint density at radius 3 is 2.67 bits per heavy atom. The van der Waals surface area contributed by atoms with Gasteiger partial charge in [-0.25, -0.2) is 4.39 Å². The highest BCUT2D eigenvalue weighted by atomic mass is 19.1. The van der Waals surface area contributed by atoms with Crippen LogP contribution < -0.4 is 0 Å².